The quantitative estimate of drug-likeness (QED) is 0.890. The molecular formula is C20H23N5O. The predicted molar refractivity (Wildman–Crippen MR) is 98.5 cm³/mol. The lowest BCUT2D eigenvalue weighted by atomic mass is 9.94. The van der Waals surface area contributed by atoms with Gasteiger partial charge in [0.05, 0.1) is 19.0 Å². The number of nitriles is 1. The third kappa shape index (κ3) is 3.43. The minimum absolute atomic E-state index is 0.191. The van der Waals surface area contributed by atoms with Crippen molar-refractivity contribution in [3.63, 3.8) is 0 Å². The summed E-state index contributed by atoms with van der Waals surface area (Å²) in [6.45, 7) is 0.533. The summed E-state index contributed by atoms with van der Waals surface area (Å²) in [7, 11) is 0. The maximum Gasteiger partial charge on any atom is 0.320 e. The molecule has 2 aliphatic carbocycles. The van der Waals surface area contributed by atoms with E-state index in [4.69, 9.17) is 5.26 Å². The van der Waals surface area contributed by atoms with Crippen molar-refractivity contribution in [1.29, 1.82) is 5.26 Å². The van der Waals surface area contributed by atoms with Gasteiger partial charge in [0.25, 0.3) is 0 Å². The van der Waals surface area contributed by atoms with Crippen molar-refractivity contribution < 1.29 is 4.79 Å². The molecule has 1 saturated carbocycles. The van der Waals surface area contributed by atoms with Crippen LogP contribution in [0.25, 0.3) is 0 Å². The van der Waals surface area contributed by atoms with Crippen molar-refractivity contribution in [2.24, 2.45) is 11.8 Å². The summed E-state index contributed by atoms with van der Waals surface area (Å²) in [5.74, 6) is 1.52. The Morgan fingerprint density at radius 1 is 1.19 bits per heavy atom. The van der Waals surface area contributed by atoms with Crippen molar-refractivity contribution in [2.75, 3.05) is 5.32 Å². The van der Waals surface area contributed by atoms with Gasteiger partial charge in [-0.05, 0) is 48.6 Å². The van der Waals surface area contributed by atoms with Gasteiger partial charge in [-0.2, -0.15) is 10.4 Å². The molecule has 2 aromatic rings. The summed E-state index contributed by atoms with van der Waals surface area (Å²) < 4.78 is 1.67. The highest BCUT2D eigenvalue weighted by molar-refractivity contribution is 5.88. The van der Waals surface area contributed by atoms with Crippen LogP contribution in [0.2, 0.25) is 0 Å². The number of carbonyl (C=O) groups is 1. The molecule has 2 N–H and O–H groups in total. The van der Waals surface area contributed by atoms with E-state index in [-0.39, 0.29) is 12.1 Å². The van der Waals surface area contributed by atoms with Gasteiger partial charge in [-0.15, -0.1) is 0 Å². The van der Waals surface area contributed by atoms with Crippen LogP contribution in [0.4, 0.5) is 10.6 Å². The second-order valence-corrected chi connectivity index (χ2v) is 7.27. The summed E-state index contributed by atoms with van der Waals surface area (Å²) in [5, 5.41) is 19.0. The van der Waals surface area contributed by atoms with Gasteiger partial charge in [-0.1, -0.05) is 24.3 Å². The molecule has 2 bridgehead atoms. The van der Waals surface area contributed by atoms with E-state index in [9.17, 15) is 4.79 Å². The highest BCUT2D eigenvalue weighted by Gasteiger charge is 2.39. The molecule has 1 aromatic heterocycles. The second kappa shape index (κ2) is 7.20. The van der Waals surface area contributed by atoms with Gasteiger partial charge < -0.3 is 5.32 Å². The maximum absolute atomic E-state index is 12.5. The van der Waals surface area contributed by atoms with Crippen molar-refractivity contribution in [2.45, 2.75) is 44.7 Å². The lowest BCUT2D eigenvalue weighted by Crippen LogP contribution is -2.44. The molecule has 134 valence electrons. The number of amides is 2. The Hall–Kier alpha value is -2.81. The SMILES string of the molecule is N#CCCn1ccc(NC(=O)NC2C3CCC2Cc2ccccc2C3)n1. The molecule has 2 aliphatic rings. The number of nitrogens with one attached hydrogen (secondary N) is 2. The molecule has 6 heteroatoms. The summed E-state index contributed by atoms with van der Waals surface area (Å²) in [6, 6.07) is 12.5. The van der Waals surface area contributed by atoms with Crippen molar-refractivity contribution in [1.82, 2.24) is 15.1 Å². The van der Waals surface area contributed by atoms with E-state index in [1.807, 2.05) is 0 Å². The van der Waals surface area contributed by atoms with Crippen LogP contribution < -0.4 is 10.6 Å². The third-order valence-electron chi connectivity index (χ3n) is 5.64. The number of nitrogens with zero attached hydrogens (tertiary/aromatic N) is 3. The molecule has 1 aromatic carbocycles. The highest BCUT2D eigenvalue weighted by atomic mass is 16.2. The van der Waals surface area contributed by atoms with Gasteiger partial charge in [0.1, 0.15) is 0 Å². The van der Waals surface area contributed by atoms with E-state index in [0.717, 1.165) is 12.8 Å². The standard InChI is InChI=1S/C20H23N5O/c21-9-3-10-25-11-8-18(24-25)22-20(26)23-19-16-6-7-17(19)13-15-5-2-1-4-14(15)12-16/h1-2,4-5,8,11,16-17,19H,3,6-7,10,12-13H2,(H2,22,23,24,26). The molecule has 2 unspecified atom stereocenters. The van der Waals surface area contributed by atoms with Crippen LogP contribution in [0.15, 0.2) is 36.5 Å². The minimum Gasteiger partial charge on any atom is -0.335 e. The van der Waals surface area contributed by atoms with E-state index in [1.165, 1.54) is 24.0 Å². The van der Waals surface area contributed by atoms with Crippen LogP contribution in [0, 0.1) is 23.2 Å². The fraction of sp³-hybridized carbons (Fsp3) is 0.450. The molecule has 2 atom stereocenters. The largest absolute Gasteiger partial charge is 0.335 e. The number of fused-ring (bicyclic) bond motifs is 3. The average molecular weight is 349 g/mol. The van der Waals surface area contributed by atoms with Gasteiger partial charge in [0.2, 0.25) is 0 Å². The van der Waals surface area contributed by atoms with E-state index < -0.39 is 0 Å². The Morgan fingerprint density at radius 2 is 1.88 bits per heavy atom. The first-order chi connectivity index (χ1) is 12.7. The van der Waals surface area contributed by atoms with Crippen LogP contribution in [-0.2, 0) is 19.4 Å². The minimum atomic E-state index is -0.191. The number of benzene rings is 1. The van der Waals surface area contributed by atoms with Crippen LogP contribution in [-0.4, -0.2) is 21.9 Å². The summed E-state index contributed by atoms with van der Waals surface area (Å²) in [4.78, 5) is 12.5. The molecule has 26 heavy (non-hydrogen) atoms. The summed E-state index contributed by atoms with van der Waals surface area (Å²) >= 11 is 0. The third-order valence-corrected chi connectivity index (χ3v) is 5.64. The molecule has 2 amide bonds. The first-order valence-electron chi connectivity index (χ1n) is 9.27. The number of aromatic nitrogens is 2. The van der Waals surface area contributed by atoms with Gasteiger partial charge >= 0.3 is 6.03 Å². The first kappa shape index (κ1) is 16.6. The fourth-order valence-corrected chi connectivity index (χ4v) is 4.41. The zero-order valence-corrected chi connectivity index (χ0v) is 14.7. The molecule has 0 spiro atoms. The van der Waals surface area contributed by atoms with Crippen LogP contribution >= 0.6 is 0 Å². The number of hydrogen-bond donors (Lipinski definition) is 2. The molecular weight excluding hydrogens is 326 g/mol. The van der Waals surface area contributed by atoms with E-state index in [1.54, 1.807) is 16.9 Å². The monoisotopic (exact) mass is 349 g/mol. The number of anilines is 1. The summed E-state index contributed by atoms with van der Waals surface area (Å²) in [5.41, 5.74) is 2.87. The highest BCUT2D eigenvalue weighted by Crippen LogP contribution is 2.40. The molecule has 1 heterocycles. The second-order valence-electron chi connectivity index (χ2n) is 7.27. The lowest BCUT2D eigenvalue weighted by Gasteiger charge is -2.23. The number of hydrogen-bond acceptors (Lipinski definition) is 3. The number of rotatable bonds is 4. The number of carbonyl (C=O) groups excluding carboxylic acids is 1. The Kier molecular flexibility index (Phi) is 4.61. The van der Waals surface area contributed by atoms with Gasteiger partial charge in [-0.25, -0.2) is 4.79 Å². The lowest BCUT2D eigenvalue weighted by molar-refractivity contribution is 0.240. The molecule has 6 nitrogen and oxygen atoms in total. The van der Waals surface area contributed by atoms with E-state index in [2.05, 4.69) is 46.1 Å². The zero-order chi connectivity index (χ0) is 17.9. The van der Waals surface area contributed by atoms with E-state index >= 15 is 0 Å². The predicted octanol–water partition coefficient (Wildman–Crippen LogP) is 3.11. The van der Waals surface area contributed by atoms with E-state index in [0.29, 0.717) is 30.6 Å². The Balaban J connectivity index is 1.39. The number of urea groups is 1. The average Bonchev–Trinajstić information content (AvgIpc) is 3.17. The zero-order valence-electron chi connectivity index (χ0n) is 14.7. The number of aryl methyl sites for hydroxylation is 1. The molecule has 0 radical (unpaired) electrons. The van der Waals surface area contributed by atoms with Crippen molar-refractivity contribution in [3.8, 4) is 6.07 Å². The van der Waals surface area contributed by atoms with Crippen molar-refractivity contribution >= 4 is 11.8 Å². The molecule has 1 fully saturated rings. The Morgan fingerprint density at radius 3 is 2.54 bits per heavy atom. The fourth-order valence-electron chi connectivity index (χ4n) is 4.41. The van der Waals surface area contributed by atoms with Crippen LogP contribution in [0.3, 0.4) is 0 Å². The topological polar surface area (TPSA) is 82.7 Å². The van der Waals surface area contributed by atoms with Gasteiger partial charge in [0.15, 0.2) is 5.82 Å². The first-order valence-corrected chi connectivity index (χ1v) is 9.27. The smallest absolute Gasteiger partial charge is 0.320 e. The Labute approximate surface area is 153 Å². The summed E-state index contributed by atoms with van der Waals surface area (Å²) in [6.07, 6.45) is 6.61. The van der Waals surface area contributed by atoms with Crippen LogP contribution in [0.1, 0.15) is 30.4 Å². The van der Waals surface area contributed by atoms with Gasteiger partial charge in [0, 0.05) is 18.3 Å². The van der Waals surface area contributed by atoms with Crippen molar-refractivity contribution in [3.05, 3.63) is 47.7 Å². The van der Waals surface area contributed by atoms with Crippen LogP contribution in [0.5, 0.6) is 0 Å². The molecule has 0 aliphatic heterocycles. The normalized spacial score (nSPS) is 23.6. The maximum atomic E-state index is 12.5. The Bertz CT molecular complexity index is 804. The van der Waals surface area contributed by atoms with Gasteiger partial charge in [-0.3, -0.25) is 10.00 Å². The molecule has 0 saturated heterocycles. The molecule has 4 rings (SSSR count).